The maximum absolute atomic E-state index is 4.25. The zero-order valence-electron chi connectivity index (χ0n) is 8.66. The Hall–Kier alpha value is -0.480. The van der Waals surface area contributed by atoms with E-state index in [-0.39, 0.29) is 0 Å². The van der Waals surface area contributed by atoms with Crippen molar-refractivity contribution in [3.05, 3.63) is 18.2 Å². The lowest BCUT2D eigenvalue weighted by Crippen LogP contribution is -2.32. The van der Waals surface area contributed by atoms with Gasteiger partial charge in [-0.05, 0) is 13.3 Å². The molecule has 0 amide bonds. The SMILES string of the molecule is CC1CC(NC(C)c2ncc[nH]2)CS1. The van der Waals surface area contributed by atoms with E-state index in [1.807, 2.05) is 6.20 Å². The van der Waals surface area contributed by atoms with E-state index in [1.165, 1.54) is 12.2 Å². The average molecular weight is 211 g/mol. The molecule has 2 N–H and O–H groups in total. The number of H-pyrrole nitrogens is 1. The summed E-state index contributed by atoms with van der Waals surface area (Å²) in [6.07, 6.45) is 4.95. The minimum Gasteiger partial charge on any atom is -0.347 e. The molecule has 1 fully saturated rings. The van der Waals surface area contributed by atoms with Gasteiger partial charge < -0.3 is 10.3 Å². The van der Waals surface area contributed by atoms with Crippen LogP contribution in [0.3, 0.4) is 0 Å². The van der Waals surface area contributed by atoms with Crippen LogP contribution < -0.4 is 5.32 Å². The third-order valence-electron chi connectivity index (χ3n) is 2.61. The fraction of sp³-hybridized carbons (Fsp3) is 0.700. The predicted molar refractivity (Wildman–Crippen MR) is 60.5 cm³/mol. The normalized spacial score (nSPS) is 29.3. The van der Waals surface area contributed by atoms with Crippen molar-refractivity contribution in [2.75, 3.05) is 5.75 Å². The van der Waals surface area contributed by atoms with Crippen LogP contribution in [0.1, 0.15) is 32.1 Å². The Balaban J connectivity index is 1.86. The molecule has 14 heavy (non-hydrogen) atoms. The topological polar surface area (TPSA) is 40.7 Å². The molecule has 3 atom stereocenters. The van der Waals surface area contributed by atoms with E-state index < -0.39 is 0 Å². The second-order valence-corrected chi connectivity index (χ2v) is 5.41. The molecule has 1 aliphatic rings. The highest BCUT2D eigenvalue weighted by molar-refractivity contribution is 8.00. The second kappa shape index (κ2) is 4.36. The fourth-order valence-electron chi connectivity index (χ4n) is 1.88. The predicted octanol–water partition coefficient (Wildman–Crippen LogP) is 1.95. The van der Waals surface area contributed by atoms with Crippen molar-refractivity contribution in [1.82, 2.24) is 15.3 Å². The van der Waals surface area contributed by atoms with E-state index in [1.54, 1.807) is 6.20 Å². The Morgan fingerprint density at radius 3 is 3.14 bits per heavy atom. The van der Waals surface area contributed by atoms with E-state index >= 15 is 0 Å². The minimum absolute atomic E-state index is 0.334. The number of hydrogen-bond acceptors (Lipinski definition) is 3. The Labute approximate surface area is 89.1 Å². The highest BCUT2D eigenvalue weighted by Crippen LogP contribution is 2.27. The Bertz CT molecular complexity index is 273. The number of thioether (sulfide) groups is 1. The number of aromatic amines is 1. The molecule has 1 aromatic rings. The number of hydrogen-bond donors (Lipinski definition) is 2. The van der Waals surface area contributed by atoms with E-state index in [0.29, 0.717) is 12.1 Å². The first kappa shape index (κ1) is 10.1. The van der Waals surface area contributed by atoms with Gasteiger partial charge >= 0.3 is 0 Å². The summed E-state index contributed by atoms with van der Waals surface area (Å²) >= 11 is 2.05. The van der Waals surface area contributed by atoms with Crippen LogP contribution in [0.5, 0.6) is 0 Å². The monoisotopic (exact) mass is 211 g/mol. The number of imidazole rings is 1. The Kier molecular flexibility index (Phi) is 3.13. The highest BCUT2D eigenvalue weighted by Gasteiger charge is 2.23. The summed E-state index contributed by atoms with van der Waals surface area (Å²) in [6, 6.07) is 0.982. The van der Waals surface area contributed by atoms with Crippen molar-refractivity contribution in [2.24, 2.45) is 0 Å². The van der Waals surface area contributed by atoms with Crippen LogP contribution in [0.2, 0.25) is 0 Å². The van der Waals surface area contributed by atoms with Crippen molar-refractivity contribution < 1.29 is 0 Å². The Morgan fingerprint density at radius 2 is 2.57 bits per heavy atom. The molecule has 1 saturated heterocycles. The number of nitrogens with zero attached hydrogens (tertiary/aromatic N) is 1. The van der Waals surface area contributed by atoms with E-state index in [0.717, 1.165) is 11.1 Å². The van der Waals surface area contributed by atoms with Gasteiger partial charge in [0.25, 0.3) is 0 Å². The maximum Gasteiger partial charge on any atom is 0.122 e. The first-order valence-corrected chi connectivity index (χ1v) is 6.17. The summed E-state index contributed by atoms with van der Waals surface area (Å²) in [4.78, 5) is 7.39. The third-order valence-corrected chi connectivity index (χ3v) is 3.97. The smallest absolute Gasteiger partial charge is 0.122 e. The first-order chi connectivity index (χ1) is 6.75. The summed E-state index contributed by atoms with van der Waals surface area (Å²) < 4.78 is 0. The van der Waals surface area contributed by atoms with Gasteiger partial charge in [0.15, 0.2) is 0 Å². The molecule has 0 aromatic carbocycles. The standard InChI is InChI=1S/C10H17N3S/c1-7-5-9(6-14-7)13-8(2)10-11-3-4-12-10/h3-4,7-9,13H,5-6H2,1-2H3,(H,11,12). The molecule has 0 bridgehead atoms. The van der Waals surface area contributed by atoms with Crippen molar-refractivity contribution in [1.29, 1.82) is 0 Å². The van der Waals surface area contributed by atoms with Gasteiger partial charge in [-0.2, -0.15) is 11.8 Å². The van der Waals surface area contributed by atoms with Crippen LogP contribution >= 0.6 is 11.8 Å². The van der Waals surface area contributed by atoms with Crippen LogP contribution in [0.15, 0.2) is 12.4 Å². The molecule has 2 heterocycles. The van der Waals surface area contributed by atoms with Gasteiger partial charge in [-0.3, -0.25) is 0 Å². The van der Waals surface area contributed by atoms with E-state index in [2.05, 4.69) is 40.9 Å². The molecule has 1 aliphatic heterocycles. The molecular formula is C10H17N3S. The average Bonchev–Trinajstić information content (AvgIpc) is 2.75. The van der Waals surface area contributed by atoms with E-state index in [9.17, 15) is 0 Å². The number of rotatable bonds is 3. The van der Waals surface area contributed by atoms with Gasteiger partial charge in [-0.15, -0.1) is 0 Å². The molecule has 3 unspecified atom stereocenters. The number of nitrogens with one attached hydrogen (secondary N) is 2. The zero-order chi connectivity index (χ0) is 9.97. The fourth-order valence-corrected chi connectivity index (χ4v) is 3.04. The highest BCUT2D eigenvalue weighted by atomic mass is 32.2. The lowest BCUT2D eigenvalue weighted by molar-refractivity contribution is 0.461. The molecule has 78 valence electrons. The molecule has 1 aromatic heterocycles. The molecule has 2 rings (SSSR count). The molecule has 0 spiro atoms. The second-order valence-electron chi connectivity index (χ2n) is 3.94. The zero-order valence-corrected chi connectivity index (χ0v) is 9.47. The molecule has 4 heteroatoms. The van der Waals surface area contributed by atoms with Crippen LogP contribution in [-0.4, -0.2) is 27.0 Å². The third kappa shape index (κ3) is 2.30. The summed E-state index contributed by atoms with van der Waals surface area (Å²) in [5.74, 6) is 2.27. The Morgan fingerprint density at radius 1 is 1.71 bits per heavy atom. The number of aromatic nitrogens is 2. The quantitative estimate of drug-likeness (QED) is 0.803. The van der Waals surface area contributed by atoms with Gasteiger partial charge in [0, 0.05) is 29.4 Å². The van der Waals surface area contributed by atoms with E-state index in [4.69, 9.17) is 0 Å². The summed E-state index contributed by atoms with van der Waals surface area (Å²) in [5, 5.41) is 4.40. The largest absolute Gasteiger partial charge is 0.347 e. The lowest BCUT2D eigenvalue weighted by Gasteiger charge is -2.16. The molecule has 0 radical (unpaired) electrons. The van der Waals surface area contributed by atoms with Gasteiger partial charge in [0.05, 0.1) is 6.04 Å². The van der Waals surface area contributed by atoms with Gasteiger partial charge in [0.2, 0.25) is 0 Å². The van der Waals surface area contributed by atoms with Crippen molar-refractivity contribution in [2.45, 2.75) is 37.6 Å². The van der Waals surface area contributed by atoms with Crippen LogP contribution in [0.4, 0.5) is 0 Å². The minimum atomic E-state index is 0.334. The van der Waals surface area contributed by atoms with Crippen LogP contribution in [0, 0.1) is 0 Å². The molecule has 0 aliphatic carbocycles. The van der Waals surface area contributed by atoms with Gasteiger partial charge in [-0.25, -0.2) is 4.98 Å². The van der Waals surface area contributed by atoms with Gasteiger partial charge in [-0.1, -0.05) is 6.92 Å². The maximum atomic E-state index is 4.25. The van der Waals surface area contributed by atoms with Crippen LogP contribution in [-0.2, 0) is 0 Å². The van der Waals surface area contributed by atoms with Gasteiger partial charge in [0.1, 0.15) is 5.82 Å². The van der Waals surface area contributed by atoms with Crippen LogP contribution in [0.25, 0.3) is 0 Å². The van der Waals surface area contributed by atoms with Crippen molar-refractivity contribution >= 4 is 11.8 Å². The molecular weight excluding hydrogens is 194 g/mol. The molecule has 0 saturated carbocycles. The summed E-state index contributed by atoms with van der Waals surface area (Å²) in [5.41, 5.74) is 0. The lowest BCUT2D eigenvalue weighted by atomic mass is 10.1. The van der Waals surface area contributed by atoms with Crippen molar-refractivity contribution in [3.8, 4) is 0 Å². The summed E-state index contributed by atoms with van der Waals surface area (Å²) in [7, 11) is 0. The summed E-state index contributed by atoms with van der Waals surface area (Å²) in [6.45, 7) is 4.45. The first-order valence-electron chi connectivity index (χ1n) is 5.12. The molecule has 3 nitrogen and oxygen atoms in total. The van der Waals surface area contributed by atoms with Crippen molar-refractivity contribution in [3.63, 3.8) is 0 Å².